The van der Waals surface area contributed by atoms with Crippen LogP contribution in [-0.4, -0.2) is 46.4 Å². The van der Waals surface area contributed by atoms with E-state index in [4.69, 9.17) is 0 Å². The van der Waals surface area contributed by atoms with E-state index < -0.39 is 19.9 Å². The Morgan fingerprint density at radius 3 is 2.47 bits per heavy atom. The lowest BCUT2D eigenvalue weighted by Gasteiger charge is -2.42. The zero-order chi connectivity index (χ0) is 32.1. The van der Waals surface area contributed by atoms with Gasteiger partial charge in [0.1, 0.15) is 4.90 Å². The van der Waals surface area contributed by atoms with E-state index in [9.17, 15) is 28.6 Å². The largest absolute Gasteiger partial charge is 0.283 e. The number of hydrogen-bond donors (Lipinski definition) is 1. The van der Waals surface area contributed by atoms with Gasteiger partial charge in [-0.1, -0.05) is 56.8 Å². The maximum Gasteiger partial charge on any atom is 0.283 e. The lowest BCUT2D eigenvalue weighted by atomic mass is 9.69. The van der Waals surface area contributed by atoms with Crippen LogP contribution in [0.2, 0.25) is 0 Å². The van der Waals surface area contributed by atoms with Gasteiger partial charge in [0, 0.05) is 52.8 Å². The van der Waals surface area contributed by atoms with Gasteiger partial charge in [-0.25, -0.2) is 8.42 Å². The van der Waals surface area contributed by atoms with E-state index in [0.717, 1.165) is 28.3 Å². The molecule has 232 valence electrons. The molecule has 1 aliphatic carbocycles. The molecule has 1 aliphatic heterocycles. The number of nitro benzene ring substituents is 2. The van der Waals surface area contributed by atoms with Crippen molar-refractivity contribution >= 4 is 56.0 Å². The predicted octanol–water partition coefficient (Wildman–Crippen LogP) is 6.85. The molecule has 2 atom stereocenters. The zero-order valence-electron chi connectivity index (χ0n) is 24.7. The topological polar surface area (TPSA) is 161 Å². The van der Waals surface area contributed by atoms with Crippen molar-refractivity contribution in [1.29, 1.82) is 0 Å². The Hall–Kier alpha value is -4.40. The molecule has 2 fully saturated rings. The number of non-ortho nitro benzene ring substituents is 1. The Labute approximate surface area is 263 Å². The normalized spacial score (nSPS) is 21.0. The number of hydrazone groups is 1. The first-order valence-corrected chi connectivity index (χ1v) is 16.4. The van der Waals surface area contributed by atoms with Crippen molar-refractivity contribution in [2.45, 2.75) is 54.3 Å². The maximum absolute atomic E-state index is 13.9. The summed E-state index contributed by atoms with van der Waals surface area (Å²) in [6.45, 7) is 6.69. The fraction of sp³-hybridized carbons (Fsp3) is 0.290. The Kier molecular flexibility index (Phi) is 7.62. The van der Waals surface area contributed by atoms with E-state index in [1.807, 2.05) is 30.3 Å². The first-order chi connectivity index (χ1) is 21.3. The molecule has 0 spiro atoms. The smallest absolute Gasteiger partial charge is 0.277 e. The summed E-state index contributed by atoms with van der Waals surface area (Å²) in [5.41, 5.74) is 3.19. The number of nitrogens with zero attached hydrogens (tertiary/aromatic N) is 5. The molecule has 14 heteroatoms. The van der Waals surface area contributed by atoms with Gasteiger partial charge in [-0.3, -0.25) is 30.6 Å². The average Bonchev–Trinajstić information content (AvgIpc) is 3.46. The molecule has 3 aromatic carbocycles. The summed E-state index contributed by atoms with van der Waals surface area (Å²) in [5, 5.41) is 28.6. The molecule has 1 saturated carbocycles. The molecular weight excluding hydrogens is 617 g/mol. The fourth-order valence-electron chi connectivity index (χ4n) is 6.29. The highest BCUT2D eigenvalue weighted by Crippen LogP contribution is 2.60. The second-order valence-electron chi connectivity index (χ2n) is 12.3. The van der Waals surface area contributed by atoms with Crippen molar-refractivity contribution in [3.63, 3.8) is 0 Å². The van der Waals surface area contributed by atoms with Gasteiger partial charge >= 0.3 is 0 Å². The van der Waals surface area contributed by atoms with E-state index in [-0.39, 0.29) is 38.8 Å². The van der Waals surface area contributed by atoms with Crippen molar-refractivity contribution < 1.29 is 18.3 Å². The molecule has 1 aromatic heterocycles. The number of pyridine rings is 1. The number of aromatic nitrogens is 1. The number of para-hydroxylation sites is 1. The van der Waals surface area contributed by atoms with Crippen molar-refractivity contribution in [2.24, 2.45) is 15.9 Å². The number of hydrogen-bond acceptors (Lipinski definition) is 10. The van der Waals surface area contributed by atoms with Crippen LogP contribution in [0.3, 0.4) is 0 Å². The van der Waals surface area contributed by atoms with Crippen molar-refractivity contribution in [1.82, 2.24) is 9.29 Å². The van der Waals surface area contributed by atoms with Crippen molar-refractivity contribution in [3.8, 4) is 0 Å². The molecule has 2 bridgehead atoms. The van der Waals surface area contributed by atoms with Gasteiger partial charge in [0.25, 0.3) is 11.4 Å². The SMILES string of the molecule is CC1(C)C[C@H]2C[C@@]1(C)CN2S(=O)(=O)c1cc([N+](=O)[O-])ccc1N/N=C\c1ccc(Sc2cccc3cccnc23)c([N+](=O)[O-])c1. The lowest BCUT2D eigenvalue weighted by Crippen LogP contribution is -2.46. The van der Waals surface area contributed by atoms with Gasteiger partial charge in [0.2, 0.25) is 10.0 Å². The number of piperidine rings is 1. The van der Waals surface area contributed by atoms with Crippen LogP contribution in [0.15, 0.2) is 92.7 Å². The van der Waals surface area contributed by atoms with Crippen molar-refractivity contribution in [2.75, 3.05) is 12.0 Å². The third-order valence-corrected chi connectivity index (χ3v) is 12.2. The molecular formula is C31H30N6O6S2. The third kappa shape index (κ3) is 5.53. The molecule has 0 amide bonds. The van der Waals surface area contributed by atoms with Gasteiger partial charge in [-0.2, -0.15) is 9.41 Å². The first kappa shape index (κ1) is 30.6. The van der Waals surface area contributed by atoms with Gasteiger partial charge in [-0.15, -0.1) is 0 Å². The van der Waals surface area contributed by atoms with Gasteiger partial charge in [0.05, 0.1) is 32.2 Å². The lowest BCUT2D eigenvalue weighted by molar-refractivity contribution is -0.387. The molecule has 1 saturated heterocycles. The monoisotopic (exact) mass is 646 g/mol. The Balaban J connectivity index is 1.27. The Morgan fingerprint density at radius 1 is 1.00 bits per heavy atom. The first-order valence-electron chi connectivity index (χ1n) is 14.2. The Morgan fingerprint density at radius 2 is 1.78 bits per heavy atom. The number of benzene rings is 3. The summed E-state index contributed by atoms with van der Waals surface area (Å²) < 4.78 is 29.3. The number of nitro groups is 2. The van der Waals surface area contributed by atoms with Gasteiger partial charge in [0.15, 0.2) is 0 Å². The van der Waals surface area contributed by atoms with E-state index in [1.54, 1.807) is 18.3 Å². The summed E-state index contributed by atoms with van der Waals surface area (Å²) in [6.07, 6.45) is 4.42. The molecule has 2 heterocycles. The third-order valence-electron chi connectivity index (χ3n) is 9.13. The molecule has 1 N–H and O–H groups in total. The van der Waals surface area contributed by atoms with Crippen molar-refractivity contribution in [3.05, 3.63) is 98.7 Å². The van der Waals surface area contributed by atoms with Crippen LogP contribution in [0.25, 0.3) is 10.9 Å². The van der Waals surface area contributed by atoms with E-state index >= 15 is 0 Å². The number of anilines is 1. The highest BCUT2D eigenvalue weighted by molar-refractivity contribution is 7.99. The van der Waals surface area contributed by atoms with Gasteiger partial charge < -0.3 is 0 Å². The highest BCUT2D eigenvalue weighted by Gasteiger charge is 2.60. The van der Waals surface area contributed by atoms with Crippen LogP contribution in [0.1, 0.15) is 39.2 Å². The minimum Gasteiger partial charge on any atom is -0.277 e. The number of rotatable bonds is 9. The van der Waals surface area contributed by atoms with E-state index in [0.29, 0.717) is 23.4 Å². The molecule has 0 unspecified atom stereocenters. The molecule has 4 aromatic rings. The van der Waals surface area contributed by atoms with Crippen LogP contribution in [0.5, 0.6) is 0 Å². The summed E-state index contributed by atoms with van der Waals surface area (Å²) in [6, 6.07) is 17.4. The van der Waals surface area contributed by atoms with E-state index in [2.05, 4.69) is 36.3 Å². The second-order valence-corrected chi connectivity index (χ2v) is 15.2. The summed E-state index contributed by atoms with van der Waals surface area (Å²) >= 11 is 1.24. The van der Waals surface area contributed by atoms with E-state index in [1.165, 1.54) is 40.5 Å². The zero-order valence-corrected chi connectivity index (χ0v) is 26.3. The maximum atomic E-state index is 13.9. The van der Waals surface area contributed by atoms with Crippen LogP contribution < -0.4 is 5.43 Å². The minimum absolute atomic E-state index is 0.0276. The standard InChI is InChI=1S/C31H30N6O6S2/c1-30(2)16-23-17-31(30,3)19-35(23)45(42,43)28-15-22(36(38)39)10-11-24(28)34-33-18-20-9-12-26(25(14-20)37(40)41)44-27-8-4-6-21-7-5-13-32-29(21)27/h4-15,18,23,34H,16-17,19H2,1-3H3/b33-18-/t23-,31-/m0/s1. The predicted molar refractivity (Wildman–Crippen MR) is 172 cm³/mol. The molecule has 45 heavy (non-hydrogen) atoms. The summed E-state index contributed by atoms with van der Waals surface area (Å²) in [7, 11) is -4.11. The van der Waals surface area contributed by atoms with Crippen LogP contribution >= 0.6 is 11.8 Å². The average molecular weight is 647 g/mol. The van der Waals surface area contributed by atoms with Crippen LogP contribution in [-0.2, 0) is 10.0 Å². The Bertz CT molecular complexity index is 1990. The highest BCUT2D eigenvalue weighted by atomic mass is 32.2. The summed E-state index contributed by atoms with van der Waals surface area (Å²) in [4.78, 5) is 27.8. The van der Waals surface area contributed by atoms with Gasteiger partial charge in [-0.05, 0) is 47.9 Å². The quantitative estimate of drug-likeness (QED) is 0.116. The number of nitrogens with one attached hydrogen (secondary N) is 1. The van der Waals surface area contributed by atoms with Crippen LogP contribution in [0.4, 0.5) is 17.1 Å². The fourth-order valence-corrected chi connectivity index (χ4v) is 9.23. The molecule has 6 rings (SSSR count). The summed E-state index contributed by atoms with van der Waals surface area (Å²) in [5.74, 6) is 0. The second kappa shape index (κ2) is 11.2. The number of fused-ring (bicyclic) bond motifs is 3. The minimum atomic E-state index is -4.11. The number of sulfonamides is 1. The van der Waals surface area contributed by atoms with Crippen LogP contribution in [0, 0.1) is 31.1 Å². The molecule has 2 aliphatic rings. The molecule has 0 radical (unpaired) electrons. The molecule has 12 nitrogen and oxygen atoms in total.